The van der Waals surface area contributed by atoms with Crippen LogP contribution in [0.25, 0.3) is 15.9 Å². The van der Waals surface area contributed by atoms with Gasteiger partial charge in [0.25, 0.3) is 5.56 Å². The zero-order valence-corrected chi connectivity index (χ0v) is 19.2. The standard InChI is InChI=1S/C23H27N3O2S2/c1-4-12-24-20(27)15(3)29-23-25-21-19(17-11-10-14(2)13-18(17)30-21)22(28)26(23)16-8-6-5-7-9-16/h5-9,14-15H,4,10-13H2,1-3H3,(H,24,27). The molecule has 0 saturated carbocycles. The highest BCUT2D eigenvalue weighted by Gasteiger charge is 2.26. The normalized spacial score (nSPS) is 17.0. The molecule has 3 aromatic rings. The number of nitrogens with one attached hydrogen (secondary N) is 1. The molecule has 4 rings (SSSR count). The van der Waals surface area contributed by atoms with Crippen LogP contribution in [0.15, 0.2) is 40.3 Å². The van der Waals surface area contributed by atoms with Crippen LogP contribution in [-0.2, 0) is 17.6 Å². The fourth-order valence-corrected chi connectivity index (χ4v) is 6.23. The molecule has 1 N–H and O–H groups in total. The molecule has 2 heterocycles. The molecule has 1 aliphatic carbocycles. The van der Waals surface area contributed by atoms with Gasteiger partial charge in [0.2, 0.25) is 5.91 Å². The average molecular weight is 442 g/mol. The van der Waals surface area contributed by atoms with Gasteiger partial charge in [-0.15, -0.1) is 11.3 Å². The van der Waals surface area contributed by atoms with Gasteiger partial charge in [-0.2, -0.15) is 0 Å². The van der Waals surface area contributed by atoms with Gasteiger partial charge < -0.3 is 5.32 Å². The fourth-order valence-electron chi connectivity index (χ4n) is 3.86. The Hall–Kier alpha value is -2.12. The third kappa shape index (κ3) is 4.05. The summed E-state index contributed by atoms with van der Waals surface area (Å²) in [5, 5.41) is 3.93. The number of amides is 1. The number of para-hydroxylation sites is 1. The highest BCUT2D eigenvalue weighted by atomic mass is 32.2. The van der Waals surface area contributed by atoms with Gasteiger partial charge in [0.1, 0.15) is 4.83 Å². The van der Waals surface area contributed by atoms with Crippen molar-refractivity contribution in [1.29, 1.82) is 0 Å². The minimum absolute atomic E-state index is 0.0260. The first-order valence-corrected chi connectivity index (χ1v) is 12.3. The second kappa shape index (κ2) is 8.94. The smallest absolute Gasteiger partial charge is 0.267 e. The van der Waals surface area contributed by atoms with E-state index in [9.17, 15) is 9.59 Å². The van der Waals surface area contributed by atoms with Crippen molar-refractivity contribution in [3.8, 4) is 5.69 Å². The summed E-state index contributed by atoms with van der Waals surface area (Å²) in [7, 11) is 0. The molecular weight excluding hydrogens is 414 g/mol. The van der Waals surface area contributed by atoms with E-state index in [1.165, 1.54) is 22.2 Å². The predicted molar refractivity (Wildman–Crippen MR) is 125 cm³/mol. The van der Waals surface area contributed by atoms with E-state index in [0.29, 0.717) is 17.6 Å². The average Bonchev–Trinajstić information content (AvgIpc) is 3.10. The largest absolute Gasteiger partial charge is 0.355 e. The van der Waals surface area contributed by atoms with Crippen molar-refractivity contribution in [2.45, 2.75) is 56.9 Å². The molecule has 2 aromatic heterocycles. The number of hydrogen-bond donors (Lipinski definition) is 1. The monoisotopic (exact) mass is 441 g/mol. The minimum atomic E-state index is -0.342. The van der Waals surface area contributed by atoms with E-state index in [2.05, 4.69) is 12.2 Å². The van der Waals surface area contributed by atoms with E-state index in [1.54, 1.807) is 15.9 Å². The lowest BCUT2D eigenvalue weighted by molar-refractivity contribution is -0.120. The molecule has 0 aliphatic heterocycles. The molecule has 0 spiro atoms. The number of benzene rings is 1. The first-order valence-electron chi connectivity index (χ1n) is 10.6. The van der Waals surface area contributed by atoms with E-state index >= 15 is 0 Å². The number of aromatic nitrogens is 2. The molecule has 2 atom stereocenters. The summed E-state index contributed by atoms with van der Waals surface area (Å²) in [6.45, 7) is 6.81. The van der Waals surface area contributed by atoms with E-state index in [1.807, 2.05) is 44.2 Å². The molecule has 1 aromatic carbocycles. The fraction of sp³-hybridized carbons (Fsp3) is 0.435. The first kappa shape index (κ1) is 21.1. The summed E-state index contributed by atoms with van der Waals surface area (Å²) in [6.07, 6.45) is 3.94. The topological polar surface area (TPSA) is 64.0 Å². The number of thiophene rings is 1. The van der Waals surface area contributed by atoms with Crippen molar-refractivity contribution in [3.05, 3.63) is 51.1 Å². The summed E-state index contributed by atoms with van der Waals surface area (Å²) in [6, 6.07) is 9.61. The number of fused-ring (bicyclic) bond motifs is 3. The van der Waals surface area contributed by atoms with E-state index in [-0.39, 0.29) is 16.7 Å². The molecule has 30 heavy (non-hydrogen) atoms. The first-order chi connectivity index (χ1) is 14.5. The van der Waals surface area contributed by atoms with E-state index in [0.717, 1.165) is 41.6 Å². The van der Waals surface area contributed by atoms with Crippen molar-refractivity contribution < 1.29 is 4.79 Å². The van der Waals surface area contributed by atoms with Crippen LogP contribution in [0.5, 0.6) is 0 Å². The number of thioether (sulfide) groups is 1. The third-order valence-electron chi connectivity index (χ3n) is 5.51. The number of hydrogen-bond acceptors (Lipinski definition) is 5. The molecule has 5 nitrogen and oxygen atoms in total. The van der Waals surface area contributed by atoms with Gasteiger partial charge in [0.15, 0.2) is 5.16 Å². The Kier molecular flexibility index (Phi) is 6.29. The molecule has 0 saturated heterocycles. The summed E-state index contributed by atoms with van der Waals surface area (Å²) in [4.78, 5) is 33.2. The Balaban J connectivity index is 1.84. The summed E-state index contributed by atoms with van der Waals surface area (Å²) in [5.74, 6) is 0.605. The van der Waals surface area contributed by atoms with Gasteiger partial charge in [-0.25, -0.2) is 4.98 Å². The van der Waals surface area contributed by atoms with Gasteiger partial charge >= 0.3 is 0 Å². The number of carbonyl (C=O) groups excluding carboxylic acids is 1. The summed E-state index contributed by atoms with van der Waals surface area (Å²) >= 11 is 2.99. The highest BCUT2D eigenvalue weighted by molar-refractivity contribution is 8.00. The quantitative estimate of drug-likeness (QED) is 0.449. The maximum absolute atomic E-state index is 13.7. The molecule has 7 heteroatoms. The van der Waals surface area contributed by atoms with Gasteiger partial charge in [-0.3, -0.25) is 14.2 Å². The van der Waals surface area contributed by atoms with Gasteiger partial charge in [-0.1, -0.05) is 43.8 Å². The third-order valence-corrected chi connectivity index (χ3v) is 7.71. The zero-order chi connectivity index (χ0) is 21.3. The summed E-state index contributed by atoms with van der Waals surface area (Å²) < 4.78 is 1.68. The van der Waals surface area contributed by atoms with Crippen LogP contribution in [0.4, 0.5) is 0 Å². The minimum Gasteiger partial charge on any atom is -0.355 e. The molecule has 158 valence electrons. The Morgan fingerprint density at radius 1 is 1.37 bits per heavy atom. The van der Waals surface area contributed by atoms with Crippen LogP contribution < -0.4 is 10.9 Å². The molecule has 0 fully saturated rings. The molecule has 1 aliphatic rings. The Bertz CT molecular complexity index is 1120. The lowest BCUT2D eigenvalue weighted by atomic mass is 9.89. The Morgan fingerprint density at radius 3 is 2.87 bits per heavy atom. The number of aryl methyl sites for hydroxylation is 1. The van der Waals surface area contributed by atoms with E-state index in [4.69, 9.17) is 4.98 Å². The Morgan fingerprint density at radius 2 is 2.13 bits per heavy atom. The molecule has 0 radical (unpaired) electrons. The molecule has 2 unspecified atom stereocenters. The van der Waals surface area contributed by atoms with Gasteiger partial charge in [0.05, 0.1) is 16.3 Å². The van der Waals surface area contributed by atoms with Crippen molar-refractivity contribution >= 4 is 39.2 Å². The number of rotatable bonds is 6. The molecule has 1 amide bonds. The highest BCUT2D eigenvalue weighted by Crippen LogP contribution is 2.37. The zero-order valence-electron chi connectivity index (χ0n) is 17.6. The summed E-state index contributed by atoms with van der Waals surface area (Å²) in [5.41, 5.74) is 1.94. The van der Waals surface area contributed by atoms with Gasteiger partial charge in [-0.05, 0) is 56.2 Å². The second-order valence-corrected chi connectivity index (χ2v) is 10.3. The lowest BCUT2D eigenvalue weighted by Gasteiger charge is -2.18. The Labute approximate surface area is 184 Å². The van der Waals surface area contributed by atoms with Crippen LogP contribution in [0.1, 0.15) is 44.1 Å². The van der Waals surface area contributed by atoms with Crippen molar-refractivity contribution in [3.63, 3.8) is 0 Å². The van der Waals surface area contributed by atoms with Crippen molar-refractivity contribution in [1.82, 2.24) is 14.9 Å². The van der Waals surface area contributed by atoms with E-state index < -0.39 is 0 Å². The number of nitrogens with zero attached hydrogens (tertiary/aromatic N) is 2. The lowest BCUT2D eigenvalue weighted by Crippen LogP contribution is -2.32. The predicted octanol–water partition coefficient (Wildman–Crippen LogP) is 4.58. The van der Waals surface area contributed by atoms with Crippen LogP contribution >= 0.6 is 23.1 Å². The molecular formula is C23H27N3O2S2. The van der Waals surface area contributed by atoms with Crippen LogP contribution in [-0.4, -0.2) is 27.3 Å². The SMILES string of the molecule is CCCNC(=O)C(C)Sc1nc2sc3c(c2c(=O)n1-c1ccccc1)CCC(C)C3. The molecule has 0 bridgehead atoms. The number of carbonyl (C=O) groups is 1. The van der Waals surface area contributed by atoms with Crippen molar-refractivity contribution in [2.75, 3.05) is 6.54 Å². The second-order valence-electron chi connectivity index (χ2n) is 7.95. The maximum Gasteiger partial charge on any atom is 0.267 e. The van der Waals surface area contributed by atoms with Crippen LogP contribution in [0.3, 0.4) is 0 Å². The van der Waals surface area contributed by atoms with Gasteiger partial charge in [0, 0.05) is 11.4 Å². The van der Waals surface area contributed by atoms with Crippen molar-refractivity contribution in [2.24, 2.45) is 5.92 Å². The van der Waals surface area contributed by atoms with Crippen LogP contribution in [0, 0.1) is 5.92 Å². The van der Waals surface area contributed by atoms with Crippen LogP contribution in [0.2, 0.25) is 0 Å². The maximum atomic E-state index is 13.7.